The Morgan fingerprint density at radius 3 is 1.83 bits per heavy atom. The first kappa shape index (κ1) is 25.4. The van der Waals surface area contributed by atoms with Crippen molar-refractivity contribution in [2.24, 2.45) is 0 Å². The molecule has 186 valence electrons. The lowest BCUT2D eigenvalue weighted by Crippen LogP contribution is -2.37. The molecule has 4 heteroatoms. The Bertz CT molecular complexity index is 1110. The molecule has 1 atom stereocenters. The summed E-state index contributed by atoms with van der Waals surface area (Å²) in [6.07, 6.45) is 8.53. The zero-order valence-electron chi connectivity index (χ0n) is 21.3. The second-order valence-electron chi connectivity index (χ2n) is 9.17. The van der Waals surface area contributed by atoms with Gasteiger partial charge in [-0.1, -0.05) is 104 Å². The van der Waals surface area contributed by atoms with Gasteiger partial charge in [-0.3, -0.25) is 4.79 Å². The topological polar surface area (TPSA) is 44.1 Å². The number of carbonyl (C=O) groups is 1. The van der Waals surface area contributed by atoms with E-state index in [0.29, 0.717) is 18.9 Å². The van der Waals surface area contributed by atoms with Gasteiger partial charge in [-0.05, 0) is 42.9 Å². The normalized spacial score (nSPS) is 12.3. The van der Waals surface area contributed by atoms with E-state index in [1.807, 2.05) is 13.3 Å². The quantitative estimate of drug-likeness (QED) is 0.121. The van der Waals surface area contributed by atoms with Crippen LogP contribution in [-0.4, -0.2) is 22.1 Å². The number of benzene rings is 3. The fraction of sp³-hybridized carbons (Fsp3) is 0.312. The molecule has 36 heavy (non-hydrogen) atoms. The molecule has 0 N–H and O–H groups in total. The van der Waals surface area contributed by atoms with Crippen molar-refractivity contribution >= 4 is 5.97 Å². The highest BCUT2D eigenvalue weighted by atomic mass is 16.5. The Hall–Kier alpha value is -3.66. The molecule has 4 rings (SSSR count). The number of imidazole rings is 1. The van der Waals surface area contributed by atoms with E-state index in [4.69, 9.17) is 9.72 Å². The number of nitrogens with zero attached hydrogens (tertiary/aromatic N) is 2. The van der Waals surface area contributed by atoms with E-state index >= 15 is 0 Å². The summed E-state index contributed by atoms with van der Waals surface area (Å²) < 4.78 is 7.35. The smallest absolute Gasteiger partial charge is 0.305 e. The molecule has 3 aromatic carbocycles. The highest BCUT2D eigenvalue weighted by molar-refractivity contribution is 5.69. The number of unbranched alkanes of at least 4 members (excludes halogenated alkanes) is 1. The molecule has 0 fully saturated rings. The summed E-state index contributed by atoms with van der Waals surface area (Å²) in [6, 6.07) is 32.0. The molecule has 0 saturated carbocycles. The lowest BCUT2D eigenvalue weighted by molar-refractivity contribution is -0.143. The van der Waals surface area contributed by atoms with Gasteiger partial charge in [-0.25, -0.2) is 4.98 Å². The Labute approximate surface area is 215 Å². The Balaban J connectivity index is 1.72. The molecule has 4 nitrogen and oxygen atoms in total. The summed E-state index contributed by atoms with van der Waals surface area (Å²) in [6.45, 7) is 4.51. The van der Waals surface area contributed by atoms with Gasteiger partial charge in [-0.15, -0.1) is 0 Å². The molecule has 0 aliphatic rings. The molecule has 0 spiro atoms. The maximum Gasteiger partial charge on any atom is 0.305 e. The van der Waals surface area contributed by atoms with E-state index in [-0.39, 0.29) is 5.97 Å². The van der Waals surface area contributed by atoms with Crippen molar-refractivity contribution in [2.45, 2.75) is 57.4 Å². The third-order valence-corrected chi connectivity index (χ3v) is 6.96. The van der Waals surface area contributed by atoms with Crippen LogP contribution in [0.15, 0.2) is 104 Å². The summed E-state index contributed by atoms with van der Waals surface area (Å²) >= 11 is 0. The van der Waals surface area contributed by atoms with Gasteiger partial charge in [-0.2, -0.15) is 0 Å². The van der Waals surface area contributed by atoms with Gasteiger partial charge < -0.3 is 9.30 Å². The molecule has 0 saturated heterocycles. The first-order chi connectivity index (χ1) is 17.7. The highest BCUT2D eigenvalue weighted by Gasteiger charge is 2.38. The number of rotatable bonds is 12. The van der Waals surface area contributed by atoms with Gasteiger partial charge >= 0.3 is 5.97 Å². The zero-order chi connectivity index (χ0) is 25.2. The van der Waals surface area contributed by atoms with Crippen LogP contribution in [-0.2, 0) is 15.1 Å². The van der Waals surface area contributed by atoms with E-state index in [2.05, 4.69) is 109 Å². The van der Waals surface area contributed by atoms with Crippen molar-refractivity contribution in [3.8, 4) is 0 Å². The van der Waals surface area contributed by atoms with Gasteiger partial charge in [0.25, 0.3) is 0 Å². The van der Waals surface area contributed by atoms with Crippen LogP contribution < -0.4 is 0 Å². The minimum atomic E-state index is -0.544. The molecule has 1 aromatic heterocycles. The molecule has 1 heterocycles. The summed E-state index contributed by atoms with van der Waals surface area (Å²) in [4.78, 5) is 16.7. The maximum absolute atomic E-state index is 11.7. The Kier molecular flexibility index (Phi) is 8.72. The third kappa shape index (κ3) is 5.43. The van der Waals surface area contributed by atoms with E-state index in [1.54, 1.807) is 0 Å². The van der Waals surface area contributed by atoms with Crippen LogP contribution in [0, 0.1) is 0 Å². The van der Waals surface area contributed by atoms with Crippen molar-refractivity contribution < 1.29 is 9.53 Å². The predicted molar refractivity (Wildman–Crippen MR) is 145 cm³/mol. The number of esters is 1. The summed E-state index contributed by atoms with van der Waals surface area (Å²) in [5.74, 6) is 0.238. The summed E-state index contributed by atoms with van der Waals surface area (Å²) in [5, 5.41) is 0. The van der Waals surface area contributed by atoms with Gasteiger partial charge in [0.1, 0.15) is 5.54 Å². The summed E-state index contributed by atoms with van der Waals surface area (Å²) in [5.41, 5.74) is 4.12. The monoisotopic (exact) mass is 480 g/mol. The molecule has 1 unspecified atom stereocenters. The molecular formula is C32H36N2O2. The average molecular weight is 481 g/mol. The lowest BCUT2D eigenvalue weighted by atomic mass is 9.76. The van der Waals surface area contributed by atoms with Gasteiger partial charge in [0.2, 0.25) is 0 Å². The largest absolute Gasteiger partial charge is 0.466 e. The maximum atomic E-state index is 11.7. The van der Waals surface area contributed by atoms with E-state index < -0.39 is 5.54 Å². The van der Waals surface area contributed by atoms with Crippen molar-refractivity contribution in [2.75, 3.05) is 6.61 Å². The van der Waals surface area contributed by atoms with E-state index in [1.165, 1.54) is 16.7 Å². The number of hydrogen-bond donors (Lipinski definition) is 0. The number of carbonyl (C=O) groups excluding carboxylic acids is 1. The Morgan fingerprint density at radius 1 is 0.833 bits per heavy atom. The van der Waals surface area contributed by atoms with Crippen LogP contribution in [0.4, 0.5) is 0 Å². The third-order valence-electron chi connectivity index (χ3n) is 6.96. The zero-order valence-corrected chi connectivity index (χ0v) is 21.3. The fourth-order valence-electron chi connectivity index (χ4n) is 5.17. The number of aromatic nitrogens is 2. The highest BCUT2D eigenvalue weighted by Crippen LogP contribution is 2.41. The minimum Gasteiger partial charge on any atom is -0.466 e. The van der Waals surface area contributed by atoms with Crippen LogP contribution in [0.3, 0.4) is 0 Å². The molecule has 0 aliphatic carbocycles. The molecule has 4 aromatic rings. The standard InChI is InChI=1S/C32H36N2O2/c1-3-26(16-14-15-23-31(35)36-4-2)30-24-34(25-33-30)32(27-17-8-5-9-18-27,28-19-10-6-11-20-28)29-21-12-7-13-22-29/h5-13,17-22,24-26H,3-4,14-16,23H2,1-2H3. The predicted octanol–water partition coefficient (Wildman–Crippen LogP) is 7.34. The second kappa shape index (κ2) is 12.3. The minimum absolute atomic E-state index is 0.104. The number of hydrogen-bond acceptors (Lipinski definition) is 3. The SMILES string of the molecule is CCOC(=O)CCCCC(CC)c1cn(C(c2ccccc2)(c2ccccc2)c2ccccc2)cn1. The molecule has 0 bridgehead atoms. The average Bonchev–Trinajstić information content (AvgIpc) is 3.41. The first-order valence-electron chi connectivity index (χ1n) is 13.1. The van der Waals surface area contributed by atoms with Crippen LogP contribution in [0.25, 0.3) is 0 Å². The molecular weight excluding hydrogens is 444 g/mol. The second-order valence-corrected chi connectivity index (χ2v) is 9.17. The van der Waals surface area contributed by atoms with Gasteiger partial charge in [0.05, 0.1) is 18.6 Å². The van der Waals surface area contributed by atoms with Crippen molar-refractivity contribution in [3.63, 3.8) is 0 Å². The van der Waals surface area contributed by atoms with E-state index in [0.717, 1.165) is 31.4 Å². The van der Waals surface area contributed by atoms with E-state index in [9.17, 15) is 4.79 Å². The summed E-state index contributed by atoms with van der Waals surface area (Å²) in [7, 11) is 0. The Morgan fingerprint density at radius 2 is 1.36 bits per heavy atom. The van der Waals surface area contributed by atoms with Gasteiger partial charge in [0.15, 0.2) is 0 Å². The lowest BCUT2D eigenvalue weighted by Gasteiger charge is -2.37. The van der Waals surface area contributed by atoms with Crippen LogP contribution >= 0.6 is 0 Å². The van der Waals surface area contributed by atoms with Crippen LogP contribution in [0.2, 0.25) is 0 Å². The number of ether oxygens (including phenoxy) is 1. The van der Waals surface area contributed by atoms with Gasteiger partial charge in [0, 0.05) is 18.5 Å². The van der Waals surface area contributed by atoms with Crippen molar-refractivity contribution in [1.29, 1.82) is 0 Å². The molecule has 0 radical (unpaired) electrons. The fourth-order valence-corrected chi connectivity index (χ4v) is 5.17. The molecule has 0 aliphatic heterocycles. The van der Waals surface area contributed by atoms with Crippen molar-refractivity contribution in [1.82, 2.24) is 9.55 Å². The molecule has 0 amide bonds. The van der Waals surface area contributed by atoms with Crippen LogP contribution in [0.1, 0.15) is 74.3 Å². The first-order valence-corrected chi connectivity index (χ1v) is 13.1. The van der Waals surface area contributed by atoms with Crippen LogP contribution in [0.5, 0.6) is 0 Å². The van der Waals surface area contributed by atoms with Crippen molar-refractivity contribution in [3.05, 3.63) is 126 Å².